The van der Waals surface area contributed by atoms with Crippen LogP contribution < -0.4 is 11.3 Å². The van der Waals surface area contributed by atoms with Gasteiger partial charge in [-0.25, -0.2) is 0 Å². The van der Waals surface area contributed by atoms with Crippen LogP contribution in [-0.4, -0.2) is 17.2 Å². The van der Waals surface area contributed by atoms with Crippen molar-refractivity contribution in [1.29, 1.82) is 0 Å². The zero-order valence-corrected chi connectivity index (χ0v) is 12.3. The van der Waals surface area contributed by atoms with Gasteiger partial charge < -0.3 is 4.74 Å². The number of pyridine rings is 1. The highest BCUT2D eigenvalue weighted by Crippen LogP contribution is 2.45. The van der Waals surface area contributed by atoms with Crippen molar-refractivity contribution in [3.63, 3.8) is 0 Å². The molecule has 1 aliphatic heterocycles. The highest BCUT2D eigenvalue weighted by atomic mass is 16.5. The number of nitrogens with zero attached hydrogens (tertiary/aromatic N) is 1. The number of nitrogens with two attached hydrogens (primary N) is 1. The van der Waals surface area contributed by atoms with E-state index in [1.165, 1.54) is 36.8 Å². The lowest BCUT2D eigenvalue weighted by Gasteiger charge is -2.41. The third kappa shape index (κ3) is 2.60. The predicted molar refractivity (Wildman–Crippen MR) is 78.9 cm³/mol. The SMILES string of the molecule is Cc1ccncc1C(NN)C1CCOC2(CCCC2)C1. The van der Waals surface area contributed by atoms with E-state index < -0.39 is 0 Å². The van der Waals surface area contributed by atoms with Crippen LogP contribution in [0.1, 0.15) is 55.7 Å². The predicted octanol–water partition coefficient (Wildman–Crippen LogP) is 2.63. The first-order valence-corrected chi connectivity index (χ1v) is 7.75. The van der Waals surface area contributed by atoms with Gasteiger partial charge in [0.15, 0.2) is 0 Å². The number of aromatic nitrogens is 1. The average Bonchev–Trinajstić information content (AvgIpc) is 2.90. The minimum atomic E-state index is 0.133. The number of nitrogens with one attached hydrogen (secondary N) is 1. The number of hydrogen-bond donors (Lipinski definition) is 2. The van der Waals surface area contributed by atoms with Gasteiger partial charge in [0.25, 0.3) is 0 Å². The average molecular weight is 275 g/mol. The number of aryl methyl sites for hydroxylation is 1. The zero-order valence-electron chi connectivity index (χ0n) is 12.3. The Morgan fingerprint density at radius 2 is 2.25 bits per heavy atom. The Bertz CT molecular complexity index is 457. The molecule has 2 heterocycles. The summed E-state index contributed by atoms with van der Waals surface area (Å²) >= 11 is 0. The van der Waals surface area contributed by atoms with Gasteiger partial charge in [-0.3, -0.25) is 16.3 Å². The van der Waals surface area contributed by atoms with E-state index >= 15 is 0 Å². The van der Waals surface area contributed by atoms with E-state index in [0.717, 1.165) is 19.4 Å². The van der Waals surface area contributed by atoms with E-state index in [0.29, 0.717) is 5.92 Å². The van der Waals surface area contributed by atoms with E-state index in [1.54, 1.807) is 0 Å². The molecule has 4 heteroatoms. The van der Waals surface area contributed by atoms with Gasteiger partial charge in [-0.1, -0.05) is 12.8 Å². The Hall–Kier alpha value is -0.970. The van der Waals surface area contributed by atoms with Crippen molar-refractivity contribution >= 4 is 0 Å². The molecule has 2 aliphatic rings. The molecule has 2 atom stereocenters. The molecule has 0 bridgehead atoms. The Kier molecular flexibility index (Phi) is 4.06. The van der Waals surface area contributed by atoms with Crippen LogP contribution in [0.5, 0.6) is 0 Å². The van der Waals surface area contributed by atoms with Gasteiger partial charge in [0.2, 0.25) is 0 Å². The first-order chi connectivity index (χ1) is 9.74. The summed E-state index contributed by atoms with van der Waals surface area (Å²) in [5, 5.41) is 0. The Morgan fingerprint density at radius 3 is 2.95 bits per heavy atom. The molecule has 0 amide bonds. The second-order valence-electron chi connectivity index (χ2n) is 6.37. The Morgan fingerprint density at radius 1 is 1.45 bits per heavy atom. The van der Waals surface area contributed by atoms with E-state index in [-0.39, 0.29) is 11.6 Å². The lowest BCUT2D eigenvalue weighted by Crippen LogP contribution is -2.43. The van der Waals surface area contributed by atoms with Crippen molar-refractivity contribution in [1.82, 2.24) is 10.4 Å². The maximum absolute atomic E-state index is 6.13. The minimum absolute atomic E-state index is 0.133. The molecule has 1 saturated carbocycles. The molecule has 1 aromatic heterocycles. The summed E-state index contributed by atoms with van der Waals surface area (Å²) in [6, 6.07) is 2.25. The van der Waals surface area contributed by atoms with Crippen LogP contribution >= 0.6 is 0 Å². The fourth-order valence-electron chi connectivity index (χ4n) is 4.00. The summed E-state index contributed by atoms with van der Waals surface area (Å²) in [4.78, 5) is 4.27. The smallest absolute Gasteiger partial charge is 0.0686 e. The van der Waals surface area contributed by atoms with E-state index in [1.807, 2.05) is 12.4 Å². The third-order valence-corrected chi connectivity index (χ3v) is 5.11. The molecule has 0 radical (unpaired) electrons. The van der Waals surface area contributed by atoms with Gasteiger partial charge in [-0.2, -0.15) is 0 Å². The van der Waals surface area contributed by atoms with Gasteiger partial charge in [-0.15, -0.1) is 0 Å². The first kappa shape index (κ1) is 14.0. The number of hydrazine groups is 1. The van der Waals surface area contributed by atoms with Crippen LogP contribution in [-0.2, 0) is 4.74 Å². The fraction of sp³-hybridized carbons (Fsp3) is 0.688. The standard InChI is InChI=1S/C16H25N3O/c1-12-4-8-18-11-14(12)15(19-17)13-5-9-20-16(10-13)6-2-3-7-16/h4,8,11,13,15,19H,2-3,5-7,9-10,17H2,1H3. The molecule has 1 spiro atoms. The second-order valence-corrected chi connectivity index (χ2v) is 6.37. The second kappa shape index (κ2) is 5.80. The van der Waals surface area contributed by atoms with Crippen molar-refractivity contribution in [3.05, 3.63) is 29.6 Å². The number of ether oxygens (including phenoxy) is 1. The van der Waals surface area contributed by atoms with Crippen LogP contribution in [0.3, 0.4) is 0 Å². The quantitative estimate of drug-likeness (QED) is 0.657. The summed E-state index contributed by atoms with van der Waals surface area (Å²) in [7, 11) is 0. The van der Waals surface area contributed by atoms with Crippen LogP contribution in [0.2, 0.25) is 0 Å². The molecule has 3 rings (SSSR count). The molecule has 110 valence electrons. The maximum atomic E-state index is 6.13. The normalized spacial score (nSPS) is 26.8. The number of rotatable bonds is 3. The number of hydrogen-bond acceptors (Lipinski definition) is 4. The van der Waals surface area contributed by atoms with Crippen molar-refractivity contribution in [2.24, 2.45) is 11.8 Å². The summed E-state index contributed by atoms with van der Waals surface area (Å²) in [5.41, 5.74) is 5.66. The highest BCUT2D eigenvalue weighted by Gasteiger charge is 2.42. The summed E-state index contributed by atoms with van der Waals surface area (Å²) < 4.78 is 6.13. The van der Waals surface area contributed by atoms with Gasteiger partial charge in [0.05, 0.1) is 11.6 Å². The maximum Gasteiger partial charge on any atom is 0.0686 e. The van der Waals surface area contributed by atoms with Gasteiger partial charge in [0, 0.05) is 19.0 Å². The lowest BCUT2D eigenvalue weighted by atomic mass is 9.78. The van der Waals surface area contributed by atoms with Crippen LogP contribution in [0.4, 0.5) is 0 Å². The van der Waals surface area contributed by atoms with Gasteiger partial charge in [0.1, 0.15) is 0 Å². The summed E-state index contributed by atoms with van der Waals surface area (Å²) in [6.45, 7) is 2.99. The lowest BCUT2D eigenvalue weighted by molar-refractivity contribution is -0.0982. The van der Waals surface area contributed by atoms with Gasteiger partial charge in [-0.05, 0) is 55.7 Å². The molecule has 1 saturated heterocycles. The highest BCUT2D eigenvalue weighted by molar-refractivity contribution is 5.26. The van der Waals surface area contributed by atoms with Gasteiger partial charge >= 0.3 is 0 Å². The van der Waals surface area contributed by atoms with E-state index in [9.17, 15) is 0 Å². The Labute approximate surface area is 121 Å². The van der Waals surface area contributed by atoms with E-state index in [2.05, 4.69) is 23.4 Å². The van der Waals surface area contributed by atoms with Crippen molar-refractivity contribution in [2.75, 3.05) is 6.61 Å². The summed E-state index contributed by atoms with van der Waals surface area (Å²) in [5.74, 6) is 6.41. The topological polar surface area (TPSA) is 60.2 Å². The summed E-state index contributed by atoms with van der Waals surface area (Å²) in [6.07, 6.45) is 11.0. The molecule has 0 aromatic carbocycles. The molecule has 2 fully saturated rings. The van der Waals surface area contributed by atoms with Crippen molar-refractivity contribution in [2.45, 2.75) is 57.1 Å². The van der Waals surface area contributed by atoms with Crippen LogP contribution in [0, 0.1) is 12.8 Å². The molecule has 4 nitrogen and oxygen atoms in total. The molecule has 2 unspecified atom stereocenters. The third-order valence-electron chi connectivity index (χ3n) is 5.11. The monoisotopic (exact) mass is 275 g/mol. The largest absolute Gasteiger partial charge is 0.375 e. The molecule has 20 heavy (non-hydrogen) atoms. The van der Waals surface area contributed by atoms with Crippen LogP contribution in [0.15, 0.2) is 18.5 Å². The van der Waals surface area contributed by atoms with Crippen molar-refractivity contribution in [3.8, 4) is 0 Å². The minimum Gasteiger partial charge on any atom is -0.375 e. The molecule has 1 aromatic rings. The molecule has 3 N–H and O–H groups in total. The van der Waals surface area contributed by atoms with Crippen molar-refractivity contribution < 1.29 is 4.74 Å². The first-order valence-electron chi connectivity index (χ1n) is 7.75. The fourth-order valence-corrected chi connectivity index (χ4v) is 4.00. The molecular weight excluding hydrogens is 250 g/mol. The zero-order chi connectivity index (χ0) is 14.0. The molecular formula is C16H25N3O. The molecule has 1 aliphatic carbocycles. The van der Waals surface area contributed by atoms with Crippen LogP contribution in [0.25, 0.3) is 0 Å². The van der Waals surface area contributed by atoms with E-state index in [4.69, 9.17) is 10.6 Å². The Balaban J connectivity index is 1.81.